The first-order chi connectivity index (χ1) is 13.2. The molecule has 0 heterocycles. The van der Waals surface area contributed by atoms with Crippen molar-refractivity contribution in [1.29, 1.82) is 0 Å². The number of carboxylic acids is 1. The van der Waals surface area contributed by atoms with Crippen LogP contribution in [0.4, 0.5) is 13.2 Å². The zero-order valence-corrected chi connectivity index (χ0v) is 16.0. The van der Waals surface area contributed by atoms with Gasteiger partial charge in [-0.1, -0.05) is 55.3 Å². The fraction of sp³-hybridized carbons (Fsp3) is 0.381. The summed E-state index contributed by atoms with van der Waals surface area (Å²) in [6, 6.07) is 10.4. The second-order valence-corrected chi connectivity index (χ2v) is 7.34. The monoisotopic (exact) mass is 412 g/mol. The normalized spacial score (nSPS) is 15.8. The molecule has 0 saturated heterocycles. The minimum absolute atomic E-state index is 0.0515. The van der Waals surface area contributed by atoms with E-state index in [-0.39, 0.29) is 10.8 Å². The van der Waals surface area contributed by atoms with Crippen molar-refractivity contribution in [3.8, 4) is 16.9 Å². The van der Waals surface area contributed by atoms with Gasteiger partial charge in [-0.15, -0.1) is 0 Å². The van der Waals surface area contributed by atoms with Crippen molar-refractivity contribution in [2.45, 2.75) is 44.2 Å². The van der Waals surface area contributed by atoms with Crippen LogP contribution in [0.1, 0.15) is 37.3 Å². The van der Waals surface area contributed by atoms with Gasteiger partial charge in [0.15, 0.2) is 6.61 Å². The van der Waals surface area contributed by atoms with E-state index < -0.39 is 24.2 Å². The summed E-state index contributed by atoms with van der Waals surface area (Å²) in [5.74, 6) is -1.00. The van der Waals surface area contributed by atoms with Crippen LogP contribution in [0.25, 0.3) is 11.1 Å². The van der Waals surface area contributed by atoms with Gasteiger partial charge in [0.25, 0.3) is 0 Å². The second kappa shape index (κ2) is 7.66. The number of benzene rings is 2. The molecule has 1 N–H and O–H groups in total. The smallest absolute Gasteiger partial charge is 0.422 e. The molecule has 3 rings (SSSR count). The molecule has 0 bridgehead atoms. The van der Waals surface area contributed by atoms with Gasteiger partial charge in [0.05, 0.1) is 10.4 Å². The molecular weight excluding hydrogens is 393 g/mol. The molecule has 0 atom stereocenters. The first kappa shape index (κ1) is 20.5. The van der Waals surface area contributed by atoms with E-state index in [1.165, 1.54) is 0 Å². The summed E-state index contributed by atoms with van der Waals surface area (Å²) in [5, 5.41) is 9.92. The minimum atomic E-state index is -4.52. The van der Waals surface area contributed by atoms with Gasteiger partial charge in [0, 0.05) is 5.56 Å². The SMILES string of the molecule is CCc1c(C2(C(=O)O)CCC2)cc(-c2ccccc2)c(OCC(F)(F)F)c1Cl. The van der Waals surface area contributed by atoms with Gasteiger partial charge >= 0.3 is 12.1 Å². The molecule has 0 unspecified atom stereocenters. The summed E-state index contributed by atoms with van der Waals surface area (Å²) in [5.41, 5.74) is 1.03. The fourth-order valence-corrected chi connectivity index (χ4v) is 4.09. The lowest BCUT2D eigenvalue weighted by atomic mass is 9.62. The minimum Gasteiger partial charge on any atom is -0.482 e. The van der Waals surface area contributed by atoms with Crippen LogP contribution < -0.4 is 4.74 Å². The van der Waals surface area contributed by atoms with Crippen molar-refractivity contribution in [2.75, 3.05) is 6.61 Å². The van der Waals surface area contributed by atoms with Crippen molar-refractivity contribution >= 4 is 17.6 Å². The van der Waals surface area contributed by atoms with Crippen LogP contribution in [0.2, 0.25) is 5.02 Å². The Balaban J connectivity index is 2.24. The summed E-state index contributed by atoms with van der Waals surface area (Å²) in [7, 11) is 0. The van der Waals surface area contributed by atoms with Crippen molar-refractivity contribution in [3.63, 3.8) is 0 Å². The van der Waals surface area contributed by atoms with Crippen LogP contribution in [0.3, 0.4) is 0 Å². The average molecular weight is 413 g/mol. The molecule has 1 aliphatic rings. The number of carboxylic acid groups (broad SMARTS) is 1. The highest BCUT2D eigenvalue weighted by Crippen LogP contribution is 2.51. The maximum absolute atomic E-state index is 12.8. The summed E-state index contributed by atoms with van der Waals surface area (Å²) in [6.45, 7) is 0.327. The van der Waals surface area contributed by atoms with Gasteiger partial charge in [-0.3, -0.25) is 4.79 Å². The number of rotatable bonds is 6. The Morgan fingerprint density at radius 2 is 1.89 bits per heavy atom. The molecule has 0 radical (unpaired) electrons. The van der Waals surface area contributed by atoms with E-state index in [1.54, 1.807) is 43.3 Å². The molecule has 1 fully saturated rings. The van der Waals surface area contributed by atoms with Crippen molar-refractivity contribution in [1.82, 2.24) is 0 Å². The van der Waals surface area contributed by atoms with Gasteiger partial charge in [0.1, 0.15) is 5.75 Å². The lowest BCUT2D eigenvalue weighted by molar-refractivity contribution is -0.153. The maximum atomic E-state index is 12.8. The van der Waals surface area contributed by atoms with Gasteiger partial charge in [-0.25, -0.2) is 0 Å². The highest BCUT2D eigenvalue weighted by Gasteiger charge is 2.48. The summed E-state index contributed by atoms with van der Waals surface area (Å²) < 4.78 is 43.5. The van der Waals surface area contributed by atoms with Crippen LogP contribution >= 0.6 is 11.6 Å². The van der Waals surface area contributed by atoms with Crippen LogP contribution in [-0.4, -0.2) is 23.9 Å². The Morgan fingerprint density at radius 3 is 2.36 bits per heavy atom. The number of halogens is 4. The highest BCUT2D eigenvalue weighted by atomic mass is 35.5. The Morgan fingerprint density at radius 1 is 1.25 bits per heavy atom. The predicted molar refractivity (Wildman–Crippen MR) is 101 cm³/mol. The topological polar surface area (TPSA) is 46.5 Å². The molecule has 2 aromatic carbocycles. The van der Waals surface area contributed by atoms with E-state index >= 15 is 0 Å². The van der Waals surface area contributed by atoms with E-state index in [2.05, 4.69) is 0 Å². The number of hydrogen-bond acceptors (Lipinski definition) is 2. The molecule has 7 heteroatoms. The van der Waals surface area contributed by atoms with Gasteiger partial charge < -0.3 is 9.84 Å². The zero-order valence-electron chi connectivity index (χ0n) is 15.3. The Labute approximate surface area is 166 Å². The number of alkyl halides is 3. The summed E-state index contributed by atoms with van der Waals surface area (Å²) in [6.07, 6.45) is -2.40. The average Bonchev–Trinajstić information content (AvgIpc) is 2.59. The number of aliphatic carboxylic acids is 1. The zero-order chi connectivity index (χ0) is 20.5. The quantitative estimate of drug-likeness (QED) is 0.631. The Bertz CT molecular complexity index is 875. The first-order valence-electron chi connectivity index (χ1n) is 9.04. The van der Waals surface area contributed by atoms with Crippen molar-refractivity contribution < 1.29 is 27.8 Å². The molecule has 28 heavy (non-hydrogen) atoms. The van der Waals surface area contributed by atoms with E-state index in [4.69, 9.17) is 16.3 Å². The Kier molecular flexibility index (Phi) is 5.62. The fourth-order valence-electron chi connectivity index (χ4n) is 3.70. The molecule has 0 amide bonds. The molecule has 150 valence electrons. The van der Waals surface area contributed by atoms with Crippen LogP contribution in [0.15, 0.2) is 36.4 Å². The molecule has 0 aromatic heterocycles. The molecule has 2 aromatic rings. The summed E-state index contributed by atoms with van der Waals surface area (Å²) >= 11 is 6.50. The Hall–Kier alpha value is -2.21. The lowest BCUT2D eigenvalue weighted by Crippen LogP contribution is -2.43. The van der Waals surface area contributed by atoms with E-state index in [9.17, 15) is 23.1 Å². The van der Waals surface area contributed by atoms with Gasteiger partial charge in [-0.05, 0) is 42.0 Å². The predicted octanol–water partition coefficient (Wildman–Crippen LogP) is 6.02. The van der Waals surface area contributed by atoms with Crippen LogP contribution in [-0.2, 0) is 16.6 Å². The number of hydrogen-bond donors (Lipinski definition) is 1. The highest BCUT2D eigenvalue weighted by molar-refractivity contribution is 6.33. The molecule has 0 aliphatic heterocycles. The molecule has 3 nitrogen and oxygen atoms in total. The maximum Gasteiger partial charge on any atom is 0.422 e. The third-order valence-electron chi connectivity index (χ3n) is 5.27. The standard InChI is InChI=1S/C21H20ClF3O3/c1-2-14-16(20(19(26)27)9-6-10-20)11-15(13-7-4-3-5-8-13)18(17(14)22)28-12-21(23,24)25/h3-5,7-8,11H,2,6,9-10,12H2,1H3,(H,26,27). The van der Waals surface area contributed by atoms with E-state index in [0.717, 1.165) is 6.42 Å². The molecule has 1 aliphatic carbocycles. The number of carbonyl (C=O) groups is 1. The van der Waals surface area contributed by atoms with Gasteiger partial charge in [-0.2, -0.15) is 13.2 Å². The second-order valence-electron chi connectivity index (χ2n) is 6.96. The molecule has 0 spiro atoms. The largest absolute Gasteiger partial charge is 0.482 e. The summed E-state index contributed by atoms with van der Waals surface area (Å²) in [4.78, 5) is 12.1. The van der Waals surface area contributed by atoms with E-state index in [1.807, 2.05) is 0 Å². The van der Waals surface area contributed by atoms with Crippen LogP contribution in [0.5, 0.6) is 5.75 Å². The first-order valence-corrected chi connectivity index (χ1v) is 9.41. The lowest BCUT2D eigenvalue weighted by Gasteiger charge is -2.40. The third kappa shape index (κ3) is 3.70. The van der Waals surface area contributed by atoms with Crippen molar-refractivity contribution in [2.24, 2.45) is 0 Å². The van der Waals surface area contributed by atoms with Gasteiger partial charge in [0.2, 0.25) is 0 Å². The number of ether oxygens (including phenoxy) is 1. The molecular formula is C21H20ClF3O3. The third-order valence-corrected chi connectivity index (χ3v) is 5.67. The van der Waals surface area contributed by atoms with E-state index in [0.29, 0.717) is 41.5 Å². The molecule has 1 saturated carbocycles. The van der Waals surface area contributed by atoms with Crippen molar-refractivity contribution in [3.05, 3.63) is 52.5 Å². The van der Waals surface area contributed by atoms with Crippen LogP contribution in [0, 0.1) is 0 Å².